The molecule has 2 atom stereocenters. The molecule has 0 aliphatic carbocycles. The van der Waals surface area contributed by atoms with Gasteiger partial charge in [-0.25, -0.2) is 14.5 Å². The highest BCUT2D eigenvalue weighted by molar-refractivity contribution is 7.99. The van der Waals surface area contributed by atoms with E-state index in [1.54, 1.807) is 24.3 Å². The molecule has 2 fully saturated rings. The molecule has 2 saturated heterocycles. The summed E-state index contributed by atoms with van der Waals surface area (Å²) in [5.74, 6) is 0.183. The highest BCUT2D eigenvalue weighted by Crippen LogP contribution is 2.33. The van der Waals surface area contributed by atoms with E-state index in [0.29, 0.717) is 17.2 Å². The number of rotatable bonds is 2. The van der Waals surface area contributed by atoms with E-state index < -0.39 is 24.1 Å². The molecule has 110 valence electrons. The van der Waals surface area contributed by atoms with Crippen LogP contribution in [-0.2, 0) is 14.3 Å². The molecule has 1 aromatic carbocycles. The van der Waals surface area contributed by atoms with Crippen LogP contribution in [0.2, 0.25) is 0 Å². The Balaban J connectivity index is 1.96. The summed E-state index contributed by atoms with van der Waals surface area (Å²) in [6, 6.07) is 6.99. The molecular weight excluding hydrogens is 292 g/mol. The minimum atomic E-state index is -0.705. The molecule has 0 N–H and O–H groups in total. The van der Waals surface area contributed by atoms with E-state index in [4.69, 9.17) is 4.74 Å². The second-order valence-electron chi connectivity index (χ2n) is 4.79. The van der Waals surface area contributed by atoms with Gasteiger partial charge in [-0.05, 0) is 12.1 Å². The lowest BCUT2D eigenvalue weighted by atomic mass is 10.2. The number of benzene rings is 1. The van der Waals surface area contributed by atoms with E-state index >= 15 is 0 Å². The average molecular weight is 306 g/mol. The van der Waals surface area contributed by atoms with Gasteiger partial charge in [-0.3, -0.25) is 9.69 Å². The van der Waals surface area contributed by atoms with Crippen LogP contribution in [0.4, 0.5) is 10.5 Å². The minimum Gasteiger partial charge on any atom is -0.467 e. The summed E-state index contributed by atoms with van der Waals surface area (Å²) in [6.07, 6.45) is 0. The predicted molar refractivity (Wildman–Crippen MR) is 78.1 cm³/mol. The van der Waals surface area contributed by atoms with Crippen molar-refractivity contribution >= 4 is 35.4 Å². The van der Waals surface area contributed by atoms with Gasteiger partial charge in [0.25, 0.3) is 5.91 Å². The zero-order valence-electron chi connectivity index (χ0n) is 11.4. The number of hydrogen-bond acceptors (Lipinski definition) is 5. The predicted octanol–water partition coefficient (Wildman–Crippen LogP) is 1.11. The van der Waals surface area contributed by atoms with Crippen LogP contribution in [0.25, 0.3) is 0 Å². The number of fused-ring (bicyclic) bond motifs is 1. The van der Waals surface area contributed by atoms with Crippen molar-refractivity contribution in [1.82, 2.24) is 4.90 Å². The molecule has 3 amide bonds. The van der Waals surface area contributed by atoms with Crippen LogP contribution >= 0.6 is 11.8 Å². The van der Waals surface area contributed by atoms with Gasteiger partial charge in [-0.1, -0.05) is 18.2 Å². The zero-order valence-corrected chi connectivity index (χ0v) is 12.2. The van der Waals surface area contributed by atoms with Gasteiger partial charge < -0.3 is 4.74 Å². The number of nitrogens with zero attached hydrogens (tertiary/aromatic N) is 2. The van der Waals surface area contributed by atoms with Gasteiger partial charge >= 0.3 is 12.0 Å². The first-order valence-electron chi connectivity index (χ1n) is 6.52. The van der Waals surface area contributed by atoms with Crippen molar-refractivity contribution in [2.24, 2.45) is 0 Å². The Morgan fingerprint density at radius 2 is 1.95 bits per heavy atom. The molecule has 0 bridgehead atoms. The summed E-state index contributed by atoms with van der Waals surface area (Å²) >= 11 is 1.48. The number of carbonyl (C=O) groups excluding carboxylic acids is 3. The molecule has 2 aliphatic rings. The van der Waals surface area contributed by atoms with E-state index in [1.165, 1.54) is 23.8 Å². The van der Waals surface area contributed by atoms with E-state index in [2.05, 4.69) is 0 Å². The number of urea groups is 1. The van der Waals surface area contributed by atoms with Gasteiger partial charge in [0.15, 0.2) is 0 Å². The van der Waals surface area contributed by atoms with Crippen molar-refractivity contribution in [3.05, 3.63) is 30.3 Å². The van der Waals surface area contributed by atoms with E-state index in [1.807, 2.05) is 6.07 Å². The maximum atomic E-state index is 12.6. The largest absolute Gasteiger partial charge is 0.467 e. The summed E-state index contributed by atoms with van der Waals surface area (Å²) in [5, 5.41) is 0. The quantitative estimate of drug-likeness (QED) is 0.605. The number of esters is 1. The maximum Gasteiger partial charge on any atom is 0.332 e. The van der Waals surface area contributed by atoms with Crippen LogP contribution in [0.15, 0.2) is 30.3 Å². The highest BCUT2D eigenvalue weighted by atomic mass is 32.2. The number of methoxy groups -OCH3 is 1. The number of imide groups is 1. The molecule has 21 heavy (non-hydrogen) atoms. The summed E-state index contributed by atoms with van der Waals surface area (Å²) in [6.45, 7) is 0. The van der Waals surface area contributed by atoms with Crippen molar-refractivity contribution in [3.8, 4) is 0 Å². The number of thioether (sulfide) groups is 1. The van der Waals surface area contributed by atoms with Gasteiger partial charge in [0.05, 0.1) is 12.8 Å². The highest BCUT2D eigenvalue weighted by Gasteiger charge is 2.52. The van der Waals surface area contributed by atoms with Crippen LogP contribution in [-0.4, -0.2) is 53.5 Å². The molecule has 2 unspecified atom stereocenters. The average Bonchev–Trinajstić information content (AvgIpc) is 2.79. The fraction of sp³-hybridized carbons (Fsp3) is 0.357. The molecule has 2 aliphatic heterocycles. The Kier molecular flexibility index (Phi) is 3.59. The third-order valence-corrected chi connectivity index (χ3v) is 4.73. The molecule has 1 aromatic rings. The molecule has 0 aromatic heterocycles. The monoisotopic (exact) mass is 306 g/mol. The molecular formula is C14H14N2O4S. The third kappa shape index (κ3) is 2.17. The van der Waals surface area contributed by atoms with Crippen LogP contribution in [0.5, 0.6) is 0 Å². The summed E-state index contributed by atoms with van der Waals surface area (Å²) in [7, 11) is 1.29. The number of amides is 3. The normalized spacial score (nSPS) is 25.0. The molecule has 6 nitrogen and oxygen atoms in total. The minimum absolute atomic E-state index is 0.285. The van der Waals surface area contributed by atoms with E-state index in [0.717, 1.165) is 4.90 Å². The van der Waals surface area contributed by atoms with Crippen LogP contribution in [0, 0.1) is 0 Å². The van der Waals surface area contributed by atoms with Crippen molar-refractivity contribution in [1.29, 1.82) is 0 Å². The smallest absolute Gasteiger partial charge is 0.332 e. The Bertz CT molecular complexity index is 592. The summed E-state index contributed by atoms with van der Waals surface area (Å²) in [4.78, 5) is 39.5. The van der Waals surface area contributed by atoms with Crippen molar-refractivity contribution in [2.45, 2.75) is 12.1 Å². The lowest BCUT2D eigenvalue weighted by Crippen LogP contribution is -2.53. The Hall–Kier alpha value is -2.02. The zero-order chi connectivity index (χ0) is 15.0. The maximum absolute atomic E-state index is 12.6. The first-order chi connectivity index (χ1) is 10.1. The lowest BCUT2D eigenvalue weighted by molar-refractivity contribution is -0.145. The Morgan fingerprint density at radius 1 is 1.24 bits per heavy atom. The number of ether oxygens (including phenoxy) is 1. The second kappa shape index (κ2) is 5.40. The van der Waals surface area contributed by atoms with Crippen LogP contribution in [0.3, 0.4) is 0 Å². The standard InChI is InChI=1S/C14H14N2O4S/c1-20-13(18)11-8-21-7-10-12(17)15(14(19)16(10)11)9-5-3-2-4-6-9/h2-6,10-11H,7-8H2,1H3. The number of hydrogen-bond donors (Lipinski definition) is 0. The Morgan fingerprint density at radius 3 is 2.62 bits per heavy atom. The van der Waals surface area contributed by atoms with Crippen molar-refractivity contribution in [3.63, 3.8) is 0 Å². The van der Waals surface area contributed by atoms with E-state index in [-0.39, 0.29) is 5.91 Å². The Labute approximate surface area is 126 Å². The first-order valence-corrected chi connectivity index (χ1v) is 7.67. The van der Waals surface area contributed by atoms with Crippen LogP contribution < -0.4 is 4.90 Å². The fourth-order valence-electron chi connectivity index (χ4n) is 2.62. The van der Waals surface area contributed by atoms with Gasteiger partial charge in [0, 0.05) is 11.5 Å². The number of para-hydroxylation sites is 1. The topological polar surface area (TPSA) is 66.9 Å². The fourth-order valence-corrected chi connectivity index (χ4v) is 3.80. The van der Waals surface area contributed by atoms with E-state index in [9.17, 15) is 14.4 Å². The van der Waals surface area contributed by atoms with Crippen LogP contribution in [0.1, 0.15) is 0 Å². The van der Waals surface area contributed by atoms with Gasteiger partial charge in [-0.15, -0.1) is 0 Å². The molecule has 3 rings (SSSR count). The number of carbonyl (C=O) groups is 3. The second-order valence-corrected chi connectivity index (χ2v) is 5.87. The lowest BCUT2D eigenvalue weighted by Gasteiger charge is -2.32. The summed E-state index contributed by atoms with van der Waals surface area (Å²) < 4.78 is 4.75. The molecule has 2 heterocycles. The van der Waals surface area contributed by atoms with Gasteiger partial charge in [0.1, 0.15) is 12.1 Å². The molecule has 0 radical (unpaired) electrons. The van der Waals surface area contributed by atoms with Gasteiger partial charge in [-0.2, -0.15) is 11.8 Å². The SMILES string of the molecule is COC(=O)C1CSCC2C(=O)N(c3ccccc3)C(=O)N12. The molecule has 7 heteroatoms. The molecule has 0 spiro atoms. The molecule has 0 saturated carbocycles. The first kappa shape index (κ1) is 13.9. The van der Waals surface area contributed by atoms with Gasteiger partial charge in [0.2, 0.25) is 0 Å². The number of anilines is 1. The summed E-state index contributed by atoms with van der Waals surface area (Å²) in [5.41, 5.74) is 0.524. The third-order valence-electron chi connectivity index (χ3n) is 3.63. The van der Waals surface area contributed by atoms with Crippen molar-refractivity contribution in [2.75, 3.05) is 23.5 Å². The van der Waals surface area contributed by atoms with Crippen molar-refractivity contribution < 1.29 is 19.1 Å².